The van der Waals surface area contributed by atoms with E-state index in [1.54, 1.807) is 30.6 Å². The second kappa shape index (κ2) is 6.86. The average Bonchev–Trinajstić information content (AvgIpc) is 2.45. The van der Waals surface area contributed by atoms with Crippen LogP contribution in [0.2, 0.25) is 0 Å². The molecule has 0 amide bonds. The first-order valence-electron chi connectivity index (χ1n) is 5.87. The summed E-state index contributed by atoms with van der Waals surface area (Å²) in [7, 11) is 0. The highest BCUT2D eigenvalue weighted by molar-refractivity contribution is 9.10. The van der Waals surface area contributed by atoms with Crippen molar-refractivity contribution in [2.75, 3.05) is 0 Å². The number of carboxylic acid groups (broad SMARTS) is 1. The van der Waals surface area contributed by atoms with Crippen molar-refractivity contribution in [1.29, 1.82) is 0 Å². The number of hydrogen-bond acceptors (Lipinski definition) is 3. The lowest BCUT2D eigenvalue weighted by atomic mass is 10.2. The van der Waals surface area contributed by atoms with Gasteiger partial charge in [0.1, 0.15) is 12.4 Å². The third kappa shape index (κ3) is 4.20. The van der Waals surface area contributed by atoms with Gasteiger partial charge in [-0.3, -0.25) is 4.98 Å². The van der Waals surface area contributed by atoms with Gasteiger partial charge >= 0.3 is 5.97 Å². The Kier molecular flexibility index (Phi) is 4.90. The zero-order valence-corrected chi connectivity index (χ0v) is 12.1. The molecule has 1 heterocycles. The van der Waals surface area contributed by atoms with E-state index in [0.29, 0.717) is 12.4 Å². The number of aliphatic carboxylic acids is 1. The molecule has 102 valence electrons. The smallest absolute Gasteiger partial charge is 0.328 e. The number of benzene rings is 1. The van der Waals surface area contributed by atoms with Crippen LogP contribution in [0.15, 0.2) is 53.3 Å². The molecule has 0 aliphatic rings. The Bertz CT molecular complexity index is 626. The minimum atomic E-state index is -0.974. The van der Waals surface area contributed by atoms with E-state index in [4.69, 9.17) is 9.84 Å². The molecule has 1 aromatic carbocycles. The molecule has 1 N–H and O–H groups in total. The summed E-state index contributed by atoms with van der Waals surface area (Å²) in [6.45, 7) is 0.427. The minimum absolute atomic E-state index is 0.427. The number of carbonyl (C=O) groups is 1. The number of halogens is 1. The van der Waals surface area contributed by atoms with Crippen LogP contribution in [0.4, 0.5) is 0 Å². The first-order chi connectivity index (χ1) is 9.65. The van der Waals surface area contributed by atoms with Gasteiger partial charge < -0.3 is 9.84 Å². The van der Waals surface area contributed by atoms with E-state index < -0.39 is 5.97 Å². The van der Waals surface area contributed by atoms with E-state index in [-0.39, 0.29) is 0 Å². The molecule has 20 heavy (non-hydrogen) atoms. The second-order valence-corrected chi connectivity index (χ2v) is 4.87. The van der Waals surface area contributed by atoms with E-state index in [2.05, 4.69) is 20.9 Å². The van der Waals surface area contributed by atoms with Crippen LogP contribution < -0.4 is 4.74 Å². The van der Waals surface area contributed by atoms with Gasteiger partial charge in [0.05, 0.1) is 4.47 Å². The van der Waals surface area contributed by atoms with Gasteiger partial charge in [0.25, 0.3) is 0 Å². The fourth-order valence-corrected chi connectivity index (χ4v) is 2.06. The summed E-state index contributed by atoms with van der Waals surface area (Å²) >= 11 is 3.41. The van der Waals surface area contributed by atoms with Crippen LogP contribution in [0.5, 0.6) is 5.75 Å². The fourth-order valence-electron chi connectivity index (χ4n) is 1.55. The van der Waals surface area contributed by atoms with E-state index in [1.807, 2.05) is 12.1 Å². The molecule has 0 aliphatic carbocycles. The normalized spacial score (nSPS) is 10.7. The number of hydrogen-bond donors (Lipinski definition) is 1. The molecule has 0 radical (unpaired) electrons. The van der Waals surface area contributed by atoms with Crippen LogP contribution in [-0.2, 0) is 11.4 Å². The Balaban J connectivity index is 2.04. The van der Waals surface area contributed by atoms with Crippen molar-refractivity contribution in [3.05, 3.63) is 64.4 Å². The molecule has 0 aliphatic heterocycles. The SMILES string of the molecule is O=C(O)C=Cc1ccc(OCc2cccnc2)c(Br)c1. The van der Waals surface area contributed by atoms with Crippen LogP contribution in [0.3, 0.4) is 0 Å². The maximum Gasteiger partial charge on any atom is 0.328 e. The molecular formula is C15H12BrNO3. The zero-order chi connectivity index (χ0) is 14.4. The number of rotatable bonds is 5. The third-order valence-electron chi connectivity index (χ3n) is 2.49. The van der Waals surface area contributed by atoms with Gasteiger partial charge in [-0.1, -0.05) is 12.1 Å². The second-order valence-electron chi connectivity index (χ2n) is 4.01. The van der Waals surface area contributed by atoms with Crippen molar-refractivity contribution in [2.45, 2.75) is 6.61 Å². The van der Waals surface area contributed by atoms with Crippen LogP contribution in [-0.4, -0.2) is 16.1 Å². The summed E-state index contributed by atoms with van der Waals surface area (Å²) in [6, 6.07) is 9.18. The highest BCUT2D eigenvalue weighted by Gasteiger charge is 2.02. The van der Waals surface area contributed by atoms with Crippen LogP contribution >= 0.6 is 15.9 Å². The first kappa shape index (κ1) is 14.3. The predicted molar refractivity (Wildman–Crippen MR) is 79.4 cm³/mol. The van der Waals surface area contributed by atoms with Gasteiger partial charge in [-0.2, -0.15) is 0 Å². The van der Waals surface area contributed by atoms with Crippen LogP contribution in [0.1, 0.15) is 11.1 Å². The van der Waals surface area contributed by atoms with Crippen molar-refractivity contribution >= 4 is 28.0 Å². The highest BCUT2D eigenvalue weighted by Crippen LogP contribution is 2.27. The maximum absolute atomic E-state index is 10.5. The number of carboxylic acids is 1. The van der Waals surface area contributed by atoms with Gasteiger partial charge in [0.15, 0.2) is 0 Å². The maximum atomic E-state index is 10.5. The minimum Gasteiger partial charge on any atom is -0.488 e. The molecule has 0 fully saturated rings. The van der Waals surface area contributed by atoms with Crippen molar-refractivity contribution < 1.29 is 14.6 Å². The molecule has 4 nitrogen and oxygen atoms in total. The van der Waals surface area contributed by atoms with E-state index in [0.717, 1.165) is 21.7 Å². The Morgan fingerprint density at radius 1 is 1.40 bits per heavy atom. The Labute approximate surface area is 124 Å². The fraction of sp³-hybridized carbons (Fsp3) is 0.0667. The van der Waals surface area contributed by atoms with Gasteiger partial charge in [-0.25, -0.2) is 4.79 Å². The quantitative estimate of drug-likeness (QED) is 0.850. The number of aromatic nitrogens is 1. The first-order valence-corrected chi connectivity index (χ1v) is 6.67. The van der Waals surface area contributed by atoms with Crippen molar-refractivity contribution in [1.82, 2.24) is 4.98 Å². The number of ether oxygens (including phenoxy) is 1. The monoisotopic (exact) mass is 333 g/mol. The van der Waals surface area contributed by atoms with E-state index in [1.165, 1.54) is 6.08 Å². The number of pyridine rings is 1. The summed E-state index contributed by atoms with van der Waals surface area (Å²) < 4.78 is 6.45. The summed E-state index contributed by atoms with van der Waals surface area (Å²) in [6.07, 6.45) is 6.08. The lowest BCUT2D eigenvalue weighted by Crippen LogP contribution is -1.96. The molecule has 2 rings (SSSR count). The highest BCUT2D eigenvalue weighted by atomic mass is 79.9. The third-order valence-corrected chi connectivity index (χ3v) is 3.11. The van der Waals surface area contributed by atoms with Gasteiger partial charge in [-0.15, -0.1) is 0 Å². The van der Waals surface area contributed by atoms with E-state index >= 15 is 0 Å². The molecule has 0 spiro atoms. The lowest BCUT2D eigenvalue weighted by Gasteiger charge is -2.08. The van der Waals surface area contributed by atoms with Gasteiger partial charge in [0, 0.05) is 24.0 Å². The molecule has 2 aromatic rings. The van der Waals surface area contributed by atoms with Crippen molar-refractivity contribution in [2.24, 2.45) is 0 Å². The molecule has 1 aromatic heterocycles. The predicted octanol–water partition coefficient (Wildman–Crippen LogP) is 3.52. The molecule has 5 heteroatoms. The largest absolute Gasteiger partial charge is 0.488 e. The Morgan fingerprint density at radius 3 is 2.90 bits per heavy atom. The summed E-state index contributed by atoms with van der Waals surface area (Å²) in [4.78, 5) is 14.5. The molecule has 0 bridgehead atoms. The molecule has 0 unspecified atom stereocenters. The van der Waals surface area contributed by atoms with E-state index in [9.17, 15) is 4.79 Å². The van der Waals surface area contributed by atoms with Gasteiger partial charge in [-0.05, 0) is 45.8 Å². The summed E-state index contributed by atoms with van der Waals surface area (Å²) in [5.41, 5.74) is 1.77. The Morgan fingerprint density at radius 2 is 2.25 bits per heavy atom. The Hall–Kier alpha value is -2.14. The number of nitrogens with zero attached hydrogens (tertiary/aromatic N) is 1. The van der Waals surface area contributed by atoms with Gasteiger partial charge in [0.2, 0.25) is 0 Å². The summed E-state index contributed by atoms with van der Waals surface area (Å²) in [5, 5.41) is 8.58. The topological polar surface area (TPSA) is 59.4 Å². The lowest BCUT2D eigenvalue weighted by molar-refractivity contribution is -0.131. The standard InChI is InChI=1S/C15H12BrNO3/c16-13-8-11(4-6-15(18)19)3-5-14(13)20-10-12-2-1-7-17-9-12/h1-9H,10H2,(H,18,19). The zero-order valence-electron chi connectivity index (χ0n) is 10.5. The summed E-state index contributed by atoms with van der Waals surface area (Å²) in [5.74, 6) is -0.278. The molecule has 0 saturated carbocycles. The van der Waals surface area contributed by atoms with Crippen molar-refractivity contribution in [3.63, 3.8) is 0 Å². The van der Waals surface area contributed by atoms with Crippen LogP contribution in [0.25, 0.3) is 6.08 Å². The van der Waals surface area contributed by atoms with Crippen LogP contribution in [0, 0.1) is 0 Å². The molecule has 0 atom stereocenters. The molecular weight excluding hydrogens is 322 g/mol. The average molecular weight is 334 g/mol. The molecule has 0 saturated heterocycles. The van der Waals surface area contributed by atoms with Crippen molar-refractivity contribution in [3.8, 4) is 5.75 Å².